The van der Waals surface area contributed by atoms with Crippen LogP contribution in [-0.2, 0) is 16.3 Å². The van der Waals surface area contributed by atoms with Gasteiger partial charge in [-0.15, -0.1) is 0 Å². The van der Waals surface area contributed by atoms with Crippen molar-refractivity contribution in [3.8, 4) is 0 Å². The molecular formula is C15H23BrN2O2S. The van der Waals surface area contributed by atoms with Crippen molar-refractivity contribution in [3.63, 3.8) is 0 Å². The Kier molecular flexibility index (Phi) is 5.33. The van der Waals surface area contributed by atoms with E-state index < -0.39 is 9.84 Å². The summed E-state index contributed by atoms with van der Waals surface area (Å²) in [5, 5.41) is 0. The molecule has 1 saturated heterocycles. The smallest absolute Gasteiger partial charge is 0.152 e. The largest absolute Gasteiger partial charge is 0.370 e. The quantitative estimate of drug-likeness (QED) is 0.858. The van der Waals surface area contributed by atoms with Crippen molar-refractivity contribution in [2.45, 2.75) is 38.3 Å². The third kappa shape index (κ3) is 4.20. The molecule has 2 unspecified atom stereocenters. The lowest BCUT2D eigenvalue weighted by Crippen LogP contribution is -2.34. The zero-order valence-corrected chi connectivity index (χ0v) is 15.0. The van der Waals surface area contributed by atoms with Gasteiger partial charge in [0, 0.05) is 29.3 Å². The van der Waals surface area contributed by atoms with Crippen molar-refractivity contribution >= 4 is 31.5 Å². The van der Waals surface area contributed by atoms with Gasteiger partial charge in [-0.1, -0.05) is 22.9 Å². The highest BCUT2D eigenvalue weighted by atomic mass is 79.9. The van der Waals surface area contributed by atoms with E-state index in [0.29, 0.717) is 12.2 Å². The Morgan fingerprint density at radius 3 is 2.76 bits per heavy atom. The molecule has 0 aliphatic carbocycles. The molecule has 4 nitrogen and oxygen atoms in total. The minimum atomic E-state index is -2.87. The van der Waals surface area contributed by atoms with Gasteiger partial charge in [-0.25, -0.2) is 8.42 Å². The lowest BCUT2D eigenvalue weighted by Gasteiger charge is -2.28. The van der Waals surface area contributed by atoms with Crippen LogP contribution in [0.2, 0.25) is 0 Å². The maximum atomic E-state index is 11.7. The summed E-state index contributed by atoms with van der Waals surface area (Å²) in [6, 6.07) is 6.32. The predicted molar refractivity (Wildman–Crippen MR) is 91.6 cm³/mol. The van der Waals surface area contributed by atoms with Crippen molar-refractivity contribution < 1.29 is 8.42 Å². The Hall–Kier alpha value is -0.590. The predicted octanol–water partition coefficient (Wildman–Crippen LogP) is 2.35. The summed E-state index contributed by atoms with van der Waals surface area (Å²) in [4.78, 5) is 2.11. The van der Waals surface area contributed by atoms with Crippen molar-refractivity contribution in [3.05, 3.63) is 28.2 Å². The average Bonchev–Trinajstić information content (AvgIpc) is 2.78. The third-order valence-electron chi connectivity index (χ3n) is 4.18. The normalized spacial score (nSPS) is 22.2. The number of hydrogen-bond acceptors (Lipinski definition) is 4. The Morgan fingerprint density at radius 2 is 2.19 bits per heavy atom. The van der Waals surface area contributed by atoms with E-state index in [1.165, 1.54) is 5.56 Å². The summed E-state index contributed by atoms with van der Waals surface area (Å²) in [5.74, 6) is 0.543. The lowest BCUT2D eigenvalue weighted by molar-refractivity contribution is 0.600. The van der Waals surface area contributed by atoms with E-state index in [9.17, 15) is 8.42 Å². The van der Waals surface area contributed by atoms with Gasteiger partial charge in [0.1, 0.15) is 0 Å². The van der Waals surface area contributed by atoms with E-state index in [0.717, 1.165) is 23.0 Å². The van der Waals surface area contributed by atoms with Crippen LogP contribution in [0, 0.1) is 0 Å². The maximum absolute atomic E-state index is 11.7. The number of halogens is 1. The van der Waals surface area contributed by atoms with E-state index in [1.54, 1.807) is 0 Å². The molecule has 2 N–H and O–H groups in total. The summed E-state index contributed by atoms with van der Waals surface area (Å²) >= 11 is 3.50. The number of nitrogens with zero attached hydrogens (tertiary/aromatic N) is 1. The standard InChI is InChI=1S/C15H23BrN2O2S/c1-3-13(17)9-11-8-12(16)4-5-15(11)18(2)14-6-7-21(19,20)10-14/h4-5,8,13-14H,3,6-7,9-10,17H2,1-2H3. The number of nitrogens with two attached hydrogens (primary N) is 1. The summed E-state index contributed by atoms with van der Waals surface area (Å²) in [6.45, 7) is 2.08. The maximum Gasteiger partial charge on any atom is 0.152 e. The van der Waals surface area contributed by atoms with Gasteiger partial charge in [-0.2, -0.15) is 0 Å². The van der Waals surface area contributed by atoms with Crippen molar-refractivity contribution in [1.82, 2.24) is 0 Å². The Labute approximate surface area is 135 Å². The molecule has 21 heavy (non-hydrogen) atoms. The van der Waals surface area contributed by atoms with Crippen LogP contribution in [0.5, 0.6) is 0 Å². The van der Waals surface area contributed by atoms with Gasteiger partial charge < -0.3 is 10.6 Å². The molecule has 0 spiro atoms. The molecular weight excluding hydrogens is 352 g/mol. The van der Waals surface area contributed by atoms with Crippen LogP contribution in [0.4, 0.5) is 5.69 Å². The molecule has 1 aromatic carbocycles. The minimum Gasteiger partial charge on any atom is -0.370 e. The molecule has 0 aromatic heterocycles. The van der Waals surface area contributed by atoms with E-state index in [-0.39, 0.29) is 17.8 Å². The van der Waals surface area contributed by atoms with Crippen LogP contribution in [-0.4, -0.2) is 39.1 Å². The average molecular weight is 375 g/mol. The van der Waals surface area contributed by atoms with Crippen molar-refractivity contribution in [1.29, 1.82) is 0 Å². The Morgan fingerprint density at radius 1 is 1.48 bits per heavy atom. The first kappa shape index (κ1) is 16.8. The molecule has 1 heterocycles. The molecule has 2 rings (SSSR count). The van der Waals surface area contributed by atoms with Crippen LogP contribution in [0.1, 0.15) is 25.3 Å². The van der Waals surface area contributed by atoms with Gasteiger partial charge in [0.2, 0.25) is 0 Å². The molecule has 6 heteroatoms. The second-order valence-corrected chi connectivity index (χ2v) is 8.96. The molecule has 1 aliphatic heterocycles. The highest BCUT2D eigenvalue weighted by molar-refractivity contribution is 9.10. The molecule has 1 fully saturated rings. The Bertz CT molecular complexity index is 604. The van der Waals surface area contributed by atoms with Crippen LogP contribution in [0.15, 0.2) is 22.7 Å². The van der Waals surface area contributed by atoms with Crippen molar-refractivity contribution in [2.75, 3.05) is 23.5 Å². The Balaban J connectivity index is 2.26. The molecule has 118 valence electrons. The van der Waals surface area contributed by atoms with E-state index in [4.69, 9.17) is 5.73 Å². The third-order valence-corrected chi connectivity index (χ3v) is 6.43. The highest BCUT2D eigenvalue weighted by Gasteiger charge is 2.31. The fourth-order valence-corrected chi connectivity index (χ4v) is 4.95. The summed E-state index contributed by atoms with van der Waals surface area (Å²) in [6.07, 6.45) is 2.43. The molecule has 0 bridgehead atoms. The molecule has 0 radical (unpaired) electrons. The molecule has 0 amide bonds. The van der Waals surface area contributed by atoms with Gasteiger partial charge in [0.15, 0.2) is 9.84 Å². The van der Waals surface area contributed by atoms with E-state index in [2.05, 4.69) is 33.8 Å². The summed E-state index contributed by atoms with van der Waals surface area (Å²) in [7, 11) is -0.891. The number of anilines is 1. The van der Waals surface area contributed by atoms with Gasteiger partial charge in [-0.3, -0.25) is 0 Å². The number of rotatable bonds is 5. The van der Waals surface area contributed by atoms with Gasteiger partial charge >= 0.3 is 0 Å². The molecule has 0 saturated carbocycles. The second-order valence-electron chi connectivity index (χ2n) is 5.81. The van der Waals surface area contributed by atoms with Gasteiger partial charge in [-0.05, 0) is 43.0 Å². The highest BCUT2D eigenvalue weighted by Crippen LogP contribution is 2.29. The molecule has 1 aromatic rings. The summed E-state index contributed by atoms with van der Waals surface area (Å²) < 4.78 is 24.4. The first-order valence-electron chi connectivity index (χ1n) is 7.29. The second kappa shape index (κ2) is 6.67. The van der Waals surface area contributed by atoms with E-state index in [1.807, 2.05) is 19.2 Å². The zero-order chi connectivity index (χ0) is 15.6. The monoisotopic (exact) mass is 374 g/mol. The first-order chi connectivity index (χ1) is 9.82. The van der Waals surface area contributed by atoms with Crippen LogP contribution < -0.4 is 10.6 Å². The molecule has 2 atom stereocenters. The lowest BCUT2D eigenvalue weighted by atomic mass is 10.0. The minimum absolute atomic E-state index is 0.0628. The number of benzene rings is 1. The van der Waals surface area contributed by atoms with Crippen LogP contribution in [0.3, 0.4) is 0 Å². The van der Waals surface area contributed by atoms with Crippen LogP contribution in [0.25, 0.3) is 0 Å². The number of sulfone groups is 1. The summed E-state index contributed by atoms with van der Waals surface area (Å²) in [5.41, 5.74) is 8.35. The number of hydrogen-bond donors (Lipinski definition) is 1. The van der Waals surface area contributed by atoms with E-state index >= 15 is 0 Å². The van der Waals surface area contributed by atoms with Gasteiger partial charge in [0.05, 0.1) is 11.5 Å². The van der Waals surface area contributed by atoms with Crippen molar-refractivity contribution in [2.24, 2.45) is 5.73 Å². The fraction of sp³-hybridized carbons (Fsp3) is 0.600. The van der Waals surface area contributed by atoms with Crippen LogP contribution >= 0.6 is 15.9 Å². The molecule has 1 aliphatic rings. The first-order valence-corrected chi connectivity index (χ1v) is 9.91. The topological polar surface area (TPSA) is 63.4 Å². The van der Waals surface area contributed by atoms with Gasteiger partial charge in [0.25, 0.3) is 0 Å². The fourth-order valence-electron chi connectivity index (χ4n) is 2.77. The SMILES string of the molecule is CCC(N)Cc1cc(Br)ccc1N(C)C1CCS(=O)(=O)C1. The zero-order valence-electron chi connectivity index (χ0n) is 12.5.